The Morgan fingerprint density at radius 2 is 1.94 bits per heavy atom. The standard InChI is InChI=1S/C25H23FN4O2S/c1-32-20-5-3-4-16(14-20)6-11-22(31)28-21-15-18(12-13-27-21)24-23(29-25(30-24)33-2)17-7-9-19(26)10-8-17/h3-5,7-10,12-15H,6,11H2,1-2H3,(H,29,30)(H,27,28,31). The molecule has 1 amide bonds. The lowest BCUT2D eigenvalue weighted by Crippen LogP contribution is -2.13. The number of imidazole rings is 1. The molecular formula is C25H23FN4O2S. The molecule has 0 spiro atoms. The summed E-state index contributed by atoms with van der Waals surface area (Å²) in [5.74, 6) is 0.783. The molecule has 2 aromatic carbocycles. The predicted octanol–water partition coefficient (Wildman–Crippen LogP) is 5.58. The van der Waals surface area contributed by atoms with E-state index in [4.69, 9.17) is 4.74 Å². The number of anilines is 1. The number of aryl methyl sites for hydroxylation is 1. The first kappa shape index (κ1) is 22.5. The number of carbonyl (C=O) groups excluding carboxylic acids is 1. The minimum atomic E-state index is -0.298. The van der Waals surface area contributed by atoms with E-state index in [0.29, 0.717) is 24.4 Å². The molecule has 8 heteroatoms. The van der Waals surface area contributed by atoms with Crippen LogP contribution < -0.4 is 10.1 Å². The van der Waals surface area contributed by atoms with Crippen LogP contribution in [0.4, 0.5) is 10.2 Å². The van der Waals surface area contributed by atoms with Crippen molar-refractivity contribution >= 4 is 23.5 Å². The minimum Gasteiger partial charge on any atom is -0.497 e. The van der Waals surface area contributed by atoms with Gasteiger partial charge in [0, 0.05) is 23.7 Å². The number of ether oxygens (including phenoxy) is 1. The first-order valence-electron chi connectivity index (χ1n) is 10.3. The smallest absolute Gasteiger partial charge is 0.225 e. The van der Waals surface area contributed by atoms with Gasteiger partial charge < -0.3 is 15.0 Å². The van der Waals surface area contributed by atoms with Gasteiger partial charge in [0.1, 0.15) is 17.4 Å². The van der Waals surface area contributed by atoms with Crippen molar-refractivity contribution in [2.24, 2.45) is 0 Å². The molecule has 0 atom stereocenters. The summed E-state index contributed by atoms with van der Waals surface area (Å²) in [6.07, 6.45) is 4.47. The normalized spacial score (nSPS) is 10.8. The van der Waals surface area contributed by atoms with Gasteiger partial charge in [0.05, 0.1) is 18.5 Å². The topological polar surface area (TPSA) is 79.9 Å². The molecule has 4 aromatic rings. The van der Waals surface area contributed by atoms with Gasteiger partial charge in [0.25, 0.3) is 0 Å². The number of carbonyl (C=O) groups is 1. The fourth-order valence-corrected chi connectivity index (χ4v) is 3.81. The molecule has 0 aliphatic heterocycles. The molecule has 0 aliphatic rings. The Balaban J connectivity index is 1.51. The fraction of sp³-hybridized carbons (Fsp3) is 0.160. The molecule has 0 fully saturated rings. The van der Waals surface area contributed by atoms with Crippen LogP contribution in [0.25, 0.3) is 22.5 Å². The lowest BCUT2D eigenvalue weighted by molar-refractivity contribution is -0.116. The number of nitrogens with one attached hydrogen (secondary N) is 2. The van der Waals surface area contributed by atoms with Crippen LogP contribution in [0.15, 0.2) is 72.0 Å². The monoisotopic (exact) mass is 462 g/mol. The first-order chi connectivity index (χ1) is 16.1. The number of rotatable bonds is 8. The second-order valence-electron chi connectivity index (χ2n) is 7.31. The zero-order valence-corrected chi connectivity index (χ0v) is 19.1. The number of aromatic nitrogens is 3. The number of H-pyrrole nitrogens is 1. The summed E-state index contributed by atoms with van der Waals surface area (Å²) < 4.78 is 18.6. The summed E-state index contributed by atoms with van der Waals surface area (Å²) in [6, 6.07) is 17.5. The number of halogens is 1. The van der Waals surface area contributed by atoms with E-state index in [1.165, 1.54) is 23.9 Å². The molecule has 168 valence electrons. The van der Waals surface area contributed by atoms with E-state index in [2.05, 4.69) is 20.3 Å². The second kappa shape index (κ2) is 10.3. The summed E-state index contributed by atoms with van der Waals surface area (Å²) in [5.41, 5.74) is 4.13. The van der Waals surface area contributed by atoms with Gasteiger partial charge in [-0.2, -0.15) is 0 Å². The van der Waals surface area contributed by atoms with Crippen molar-refractivity contribution in [3.8, 4) is 28.3 Å². The molecule has 0 saturated heterocycles. The Bertz CT molecular complexity index is 1260. The van der Waals surface area contributed by atoms with Crippen LogP contribution in [0.1, 0.15) is 12.0 Å². The maximum atomic E-state index is 13.4. The van der Waals surface area contributed by atoms with Gasteiger partial charge >= 0.3 is 0 Å². The second-order valence-corrected chi connectivity index (χ2v) is 8.10. The van der Waals surface area contributed by atoms with Gasteiger partial charge in [-0.15, -0.1) is 0 Å². The Morgan fingerprint density at radius 1 is 1.12 bits per heavy atom. The molecule has 0 aliphatic carbocycles. The Morgan fingerprint density at radius 3 is 2.70 bits per heavy atom. The summed E-state index contributed by atoms with van der Waals surface area (Å²) in [4.78, 5) is 24.8. The molecule has 0 radical (unpaired) electrons. The first-order valence-corrected chi connectivity index (χ1v) is 11.6. The van der Waals surface area contributed by atoms with Crippen molar-refractivity contribution in [1.82, 2.24) is 15.0 Å². The summed E-state index contributed by atoms with van der Waals surface area (Å²) in [5, 5.41) is 3.61. The zero-order chi connectivity index (χ0) is 23.2. The highest BCUT2D eigenvalue weighted by Crippen LogP contribution is 2.33. The quantitative estimate of drug-likeness (QED) is 0.334. The highest BCUT2D eigenvalue weighted by Gasteiger charge is 2.15. The maximum absolute atomic E-state index is 13.4. The molecule has 0 bridgehead atoms. The maximum Gasteiger partial charge on any atom is 0.225 e. The third-order valence-electron chi connectivity index (χ3n) is 5.08. The molecule has 0 unspecified atom stereocenters. The van der Waals surface area contributed by atoms with Crippen molar-refractivity contribution < 1.29 is 13.9 Å². The number of hydrogen-bond acceptors (Lipinski definition) is 5. The van der Waals surface area contributed by atoms with Crippen LogP contribution >= 0.6 is 11.8 Å². The molecule has 4 rings (SSSR count). The van der Waals surface area contributed by atoms with Crippen LogP contribution in [-0.4, -0.2) is 34.2 Å². The molecule has 6 nitrogen and oxygen atoms in total. The summed E-state index contributed by atoms with van der Waals surface area (Å²) >= 11 is 1.48. The zero-order valence-electron chi connectivity index (χ0n) is 18.3. The number of thioether (sulfide) groups is 1. The van der Waals surface area contributed by atoms with Crippen molar-refractivity contribution in [3.63, 3.8) is 0 Å². The SMILES string of the molecule is COc1cccc(CCC(=O)Nc2cc(-c3nc(SC)[nH]c3-c3ccc(F)cc3)ccn2)c1. The number of benzene rings is 2. The van der Waals surface area contributed by atoms with Crippen molar-refractivity contribution in [3.05, 3.63) is 78.2 Å². The van der Waals surface area contributed by atoms with E-state index in [-0.39, 0.29) is 11.7 Å². The summed E-state index contributed by atoms with van der Waals surface area (Å²) in [7, 11) is 1.62. The van der Waals surface area contributed by atoms with Crippen molar-refractivity contribution in [1.29, 1.82) is 0 Å². The molecule has 33 heavy (non-hydrogen) atoms. The van der Waals surface area contributed by atoms with Gasteiger partial charge in [0.2, 0.25) is 5.91 Å². The van der Waals surface area contributed by atoms with Gasteiger partial charge in [-0.1, -0.05) is 23.9 Å². The van der Waals surface area contributed by atoms with E-state index in [1.807, 2.05) is 36.6 Å². The number of pyridine rings is 1. The largest absolute Gasteiger partial charge is 0.497 e. The van der Waals surface area contributed by atoms with E-state index < -0.39 is 0 Å². The van der Waals surface area contributed by atoms with Crippen molar-refractivity contribution in [2.45, 2.75) is 18.0 Å². The van der Waals surface area contributed by atoms with Gasteiger partial charge in [-0.25, -0.2) is 14.4 Å². The molecule has 2 aromatic heterocycles. The van der Waals surface area contributed by atoms with Gasteiger partial charge in [-0.05, 0) is 66.8 Å². The highest BCUT2D eigenvalue weighted by molar-refractivity contribution is 7.98. The average Bonchev–Trinajstić information content (AvgIpc) is 3.28. The number of hydrogen-bond donors (Lipinski definition) is 2. The van der Waals surface area contributed by atoms with Crippen LogP contribution in [-0.2, 0) is 11.2 Å². The molecular weight excluding hydrogens is 439 g/mol. The van der Waals surface area contributed by atoms with Gasteiger partial charge in [0.15, 0.2) is 5.16 Å². The number of methoxy groups -OCH3 is 1. The van der Waals surface area contributed by atoms with Crippen LogP contribution in [0.5, 0.6) is 5.75 Å². The number of aromatic amines is 1. The number of amides is 1. The minimum absolute atomic E-state index is 0.131. The predicted molar refractivity (Wildman–Crippen MR) is 129 cm³/mol. The van der Waals surface area contributed by atoms with Crippen LogP contribution in [0.3, 0.4) is 0 Å². The van der Waals surface area contributed by atoms with E-state index in [9.17, 15) is 9.18 Å². The van der Waals surface area contributed by atoms with Crippen LogP contribution in [0.2, 0.25) is 0 Å². The van der Waals surface area contributed by atoms with E-state index in [0.717, 1.165) is 33.3 Å². The Hall–Kier alpha value is -3.65. The third kappa shape index (κ3) is 5.59. The lowest BCUT2D eigenvalue weighted by atomic mass is 10.1. The van der Waals surface area contributed by atoms with Crippen LogP contribution in [0, 0.1) is 5.82 Å². The van der Waals surface area contributed by atoms with E-state index in [1.54, 1.807) is 31.5 Å². The van der Waals surface area contributed by atoms with Crippen molar-refractivity contribution in [2.75, 3.05) is 18.7 Å². The summed E-state index contributed by atoms with van der Waals surface area (Å²) in [6.45, 7) is 0. The highest BCUT2D eigenvalue weighted by atomic mass is 32.2. The Kier molecular flexibility index (Phi) is 7.04. The Labute approximate surface area is 195 Å². The lowest BCUT2D eigenvalue weighted by Gasteiger charge is -2.08. The third-order valence-corrected chi connectivity index (χ3v) is 5.66. The molecule has 2 heterocycles. The fourth-order valence-electron chi connectivity index (χ4n) is 3.42. The molecule has 2 N–H and O–H groups in total. The molecule has 0 saturated carbocycles. The number of nitrogens with zero attached hydrogens (tertiary/aromatic N) is 2. The van der Waals surface area contributed by atoms with Gasteiger partial charge in [-0.3, -0.25) is 4.79 Å². The average molecular weight is 463 g/mol. The van der Waals surface area contributed by atoms with E-state index >= 15 is 0 Å².